The van der Waals surface area contributed by atoms with Gasteiger partial charge in [-0.15, -0.1) is 0 Å². The molecule has 31 nitrogen and oxygen atoms in total. The summed E-state index contributed by atoms with van der Waals surface area (Å²) in [6, 6.07) is 9.09. The van der Waals surface area contributed by atoms with Crippen LogP contribution in [0.1, 0.15) is 192 Å². The van der Waals surface area contributed by atoms with Gasteiger partial charge in [0.2, 0.25) is 0 Å². The zero-order chi connectivity index (χ0) is 83.2. The molecule has 0 aliphatic heterocycles. The third-order valence-corrected chi connectivity index (χ3v) is 20.3. The van der Waals surface area contributed by atoms with E-state index in [1.807, 2.05) is 19.1 Å². The smallest absolute Gasteiger partial charge is 0.311 e. The molecule has 0 aliphatic carbocycles. The lowest BCUT2D eigenvalue weighted by Crippen LogP contribution is -2.52. The van der Waals surface area contributed by atoms with Crippen molar-refractivity contribution in [1.29, 1.82) is 0 Å². The van der Waals surface area contributed by atoms with Crippen molar-refractivity contribution in [3.63, 3.8) is 0 Å². The van der Waals surface area contributed by atoms with Crippen LogP contribution in [0.5, 0.6) is 0 Å². The van der Waals surface area contributed by atoms with Crippen molar-refractivity contribution in [3.8, 4) is 0 Å². The molecule has 618 valence electrons. The minimum atomic E-state index is -2.37. The first-order valence-electron chi connectivity index (χ1n) is 36.0. The van der Waals surface area contributed by atoms with E-state index in [-0.39, 0.29) is 18.8 Å². The largest absolute Gasteiger partial charge is 0.469 e. The summed E-state index contributed by atoms with van der Waals surface area (Å²) < 4.78 is 66.2. The number of hydrogen-bond acceptors (Lipinski definition) is 31. The Hall–Kier alpha value is -7.42. The first kappa shape index (κ1) is 98.6. The van der Waals surface area contributed by atoms with Crippen LogP contribution in [0, 0.1) is 65.0 Å². The predicted molar refractivity (Wildman–Crippen MR) is 384 cm³/mol. The first-order chi connectivity index (χ1) is 50.1. The van der Waals surface area contributed by atoms with Gasteiger partial charge in [0.05, 0.1) is 147 Å². The highest BCUT2D eigenvalue weighted by atomic mass is 16.6. The zero-order valence-electron chi connectivity index (χ0n) is 67.0. The number of methoxy groups -OCH3 is 5. The fourth-order valence-electron chi connectivity index (χ4n) is 17.2. The maximum Gasteiger partial charge on any atom is 0.311 e. The SMILES string of the molecule is CCC(CC(C)(CC(C)(CC(C)(CC(C)(CC(C)(CC(C)(CC(C)(CC(C)(CC(C)(CC(C)(CC(C)(CC(C)(C)C(=O)OC)C(=O)OC)C(=O)OC)C(=O)OC)C(=O)OC)C(=O)OCCO)C(=O)OCCO)C(=O)OCCO)C(=O)OCCO)C(=O)OCCO)C(=O)OCCO)C(=O)OCCO)c1ccccc1. The van der Waals surface area contributed by atoms with Gasteiger partial charge in [-0.05, 0) is 185 Å². The summed E-state index contributed by atoms with van der Waals surface area (Å²) in [4.78, 5) is 178. The summed E-state index contributed by atoms with van der Waals surface area (Å²) in [5.41, 5.74) is -23.9. The van der Waals surface area contributed by atoms with Gasteiger partial charge in [-0.2, -0.15) is 0 Å². The van der Waals surface area contributed by atoms with Gasteiger partial charge < -0.3 is 92.6 Å². The lowest BCUT2D eigenvalue weighted by molar-refractivity contribution is -0.178. The summed E-state index contributed by atoms with van der Waals surface area (Å²) in [5, 5.41) is 70.7. The average Bonchev–Trinajstić information content (AvgIpc) is 0.755. The number of hydrogen-bond donors (Lipinski definition) is 7. The van der Waals surface area contributed by atoms with Crippen molar-refractivity contribution in [3.05, 3.63) is 35.9 Å². The number of carbonyl (C=O) groups excluding carboxylic acids is 12. The van der Waals surface area contributed by atoms with E-state index >= 15 is 28.8 Å². The van der Waals surface area contributed by atoms with Gasteiger partial charge in [0.1, 0.15) is 46.2 Å². The maximum absolute atomic E-state index is 15.4. The molecule has 12 atom stereocenters. The highest BCUT2D eigenvalue weighted by Gasteiger charge is 2.62. The summed E-state index contributed by atoms with van der Waals surface area (Å²) in [6.07, 6.45) is -7.14. The van der Waals surface area contributed by atoms with Crippen LogP contribution >= 0.6 is 0 Å². The Balaban J connectivity index is 4.90. The highest BCUT2D eigenvalue weighted by Crippen LogP contribution is 2.59. The molecule has 1 rings (SSSR count). The van der Waals surface area contributed by atoms with Crippen molar-refractivity contribution in [2.24, 2.45) is 65.0 Å². The third-order valence-electron chi connectivity index (χ3n) is 20.3. The van der Waals surface area contributed by atoms with Crippen LogP contribution in [0.2, 0.25) is 0 Å². The average molecular weight is 1550 g/mol. The molecular weight excluding hydrogens is 1420 g/mol. The Morgan fingerprint density at radius 1 is 0.269 bits per heavy atom. The monoisotopic (exact) mass is 1540 g/mol. The Morgan fingerprint density at radius 2 is 0.444 bits per heavy atom. The molecule has 0 saturated heterocycles. The van der Waals surface area contributed by atoms with Crippen LogP contribution < -0.4 is 0 Å². The van der Waals surface area contributed by atoms with Crippen LogP contribution in [-0.2, 0) is 114 Å². The van der Waals surface area contributed by atoms with E-state index in [2.05, 4.69) is 0 Å². The second-order valence-electron chi connectivity index (χ2n) is 32.2. The molecule has 0 amide bonds. The summed E-state index contributed by atoms with van der Waals surface area (Å²) >= 11 is 0. The third kappa shape index (κ3) is 26.7. The topological polar surface area (TPSA) is 457 Å². The van der Waals surface area contributed by atoms with Gasteiger partial charge in [0, 0.05) is 0 Å². The summed E-state index contributed by atoms with van der Waals surface area (Å²) in [6.45, 7) is 9.72. The second kappa shape index (κ2) is 42.7. The summed E-state index contributed by atoms with van der Waals surface area (Å²) in [7, 11) is 5.31. The van der Waals surface area contributed by atoms with E-state index in [0.717, 1.165) is 41.1 Å². The maximum atomic E-state index is 15.4. The number of benzene rings is 1. The first-order valence-corrected chi connectivity index (χ1v) is 36.0. The van der Waals surface area contributed by atoms with Gasteiger partial charge in [0.25, 0.3) is 0 Å². The molecule has 0 aromatic heterocycles. The standard InChI is InChI=1S/C77H124O31/c1-20-52(53-24-22-21-23-25-53)40-67(4,59(90)102-33-26-78)42-72(9,60(91)103-34-27-79)47-74(11,62(93)105-36-29-81)49-76(13,64(95)107-38-31-83)51-77(14,65(96)108-39-32-84)50-75(12,63(94)106-37-30-82)48-73(10,61(92)104-35-28-80)46-71(8,58(89)101-19)45-70(7,57(88)100-18)44-69(6,56(87)99-17)43-68(5,55(86)98-16)41-66(2,3)54(85)97-15/h21-25,52,78-84H,20,26-51H2,1-19H3. The number of ether oxygens (including phenoxy) is 12. The molecule has 7 N–H and O–H groups in total. The molecule has 0 aliphatic rings. The molecule has 0 heterocycles. The molecule has 1 aromatic rings. The van der Waals surface area contributed by atoms with Crippen molar-refractivity contribution < 1.29 is 150 Å². The number of aliphatic hydroxyl groups is 7. The van der Waals surface area contributed by atoms with Gasteiger partial charge in [-0.1, -0.05) is 37.3 Å². The van der Waals surface area contributed by atoms with Crippen LogP contribution in [0.25, 0.3) is 0 Å². The Kier molecular flexibility index (Phi) is 39.0. The van der Waals surface area contributed by atoms with Gasteiger partial charge >= 0.3 is 71.6 Å². The number of carbonyl (C=O) groups is 12. The lowest BCUT2D eigenvalue weighted by Gasteiger charge is -2.47. The van der Waals surface area contributed by atoms with E-state index in [0.29, 0.717) is 6.42 Å². The van der Waals surface area contributed by atoms with Crippen LogP contribution in [0.4, 0.5) is 0 Å². The summed E-state index contributed by atoms with van der Waals surface area (Å²) in [5.74, 6) is -13.2. The fraction of sp³-hybridized carbons (Fsp3) is 0.766. The molecule has 1 aromatic carbocycles. The molecule has 31 heteroatoms. The molecule has 0 bridgehead atoms. The Morgan fingerprint density at radius 3 is 0.630 bits per heavy atom. The molecule has 0 spiro atoms. The number of rotatable bonds is 52. The second-order valence-corrected chi connectivity index (χ2v) is 32.2. The van der Waals surface area contributed by atoms with Gasteiger partial charge in [-0.25, -0.2) is 0 Å². The molecule has 0 fully saturated rings. The van der Waals surface area contributed by atoms with E-state index in [1.165, 1.54) is 90.0 Å². The van der Waals surface area contributed by atoms with E-state index in [1.54, 1.807) is 18.2 Å². The van der Waals surface area contributed by atoms with Gasteiger partial charge in [-0.3, -0.25) is 57.5 Å². The molecule has 108 heavy (non-hydrogen) atoms. The van der Waals surface area contributed by atoms with Crippen molar-refractivity contribution in [1.82, 2.24) is 0 Å². The van der Waals surface area contributed by atoms with E-state index in [4.69, 9.17) is 56.8 Å². The van der Waals surface area contributed by atoms with E-state index in [9.17, 15) is 64.5 Å². The van der Waals surface area contributed by atoms with Crippen LogP contribution in [0.15, 0.2) is 30.3 Å². The number of esters is 12. The minimum absolute atomic E-state index is 0.00509. The van der Waals surface area contributed by atoms with Crippen LogP contribution in [0.3, 0.4) is 0 Å². The Labute approximate surface area is 634 Å². The zero-order valence-corrected chi connectivity index (χ0v) is 67.0. The highest BCUT2D eigenvalue weighted by molar-refractivity contribution is 5.88. The predicted octanol–water partition coefficient (Wildman–Crippen LogP) is 5.57. The van der Waals surface area contributed by atoms with Gasteiger partial charge in [0.15, 0.2) is 0 Å². The molecule has 0 saturated carbocycles. The molecular formula is C77H124O31. The van der Waals surface area contributed by atoms with Crippen molar-refractivity contribution >= 4 is 71.6 Å². The van der Waals surface area contributed by atoms with Crippen LogP contribution in [-0.4, -0.2) is 235 Å². The molecule has 12 unspecified atom stereocenters. The van der Waals surface area contributed by atoms with Crippen molar-refractivity contribution in [2.75, 3.05) is 128 Å². The number of aliphatic hydroxyl groups excluding tert-OH is 7. The normalized spacial score (nSPS) is 18.1. The quantitative estimate of drug-likeness (QED) is 0.0309. The minimum Gasteiger partial charge on any atom is -0.469 e. The fourth-order valence-corrected chi connectivity index (χ4v) is 17.2. The molecule has 0 radical (unpaired) electrons. The Bertz CT molecular complexity index is 3160. The van der Waals surface area contributed by atoms with E-state index < -0.39 is 293 Å². The lowest BCUT2D eigenvalue weighted by atomic mass is 9.55. The van der Waals surface area contributed by atoms with Crippen molar-refractivity contribution in [2.45, 2.75) is 186 Å².